The highest BCUT2D eigenvalue weighted by Gasteiger charge is 2.16. The predicted octanol–water partition coefficient (Wildman–Crippen LogP) is 1.89. The molecule has 78 valence electrons. The Bertz CT molecular complexity index is 315. The molecule has 4 heteroatoms. The molecule has 0 aliphatic heterocycles. The maximum atomic E-state index is 13.3. The molecule has 1 heterocycles. The first kappa shape index (κ1) is 10.9. The van der Waals surface area contributed by atoms with Crippen LogP contribution in [0, 0.1) is 11.7 Å². The number of rotatable bonds is 3. The highest BCUT2D eigenvalue weighted by atomic mass is 19.1. The van der Waals surface area contributed by atoms with Gasteiger partial charge in [-0.2, -0.15) is 0 Å². The van der Waals surface area contributed by atoms with E-state index in [0.29, 0.717) is 11.4 Å². The summed E-state index contributed by atoms with van der Waals surface area (Å²) >= 11 is 0. The summed E-state index contributed by atoms with van der Waals surface area (Å²) in [6.45, 7) is 3.88. The van der Waals surface area contributed by atoms with Gasteiger partial charge >= 0.3 is 0 Å². The number of hydrogen-bond acceptors (Lipinski definition) is 3. The molecule has 1 atom stereocenters. The van der Waals surface area contributed by atoms with E-state index in [-0.39, 0.29) is 17.8 Å². The Morgan fingerprint density at radius 3 is 2.64 bits per heavy atom. The molecule has 1 unspecified atom stereocenters. The molecule has 3 nitrogen and oxygen atoms in total. The van der Waals surface area contributed by atoms with Gasteiger partial charge in [0.15, 0.2) is 0 Å². The molecule has 0 aromatic carbocycles. The van der Waals surface area contributed by atoms with Crippen LogP contribution in [0.25, 0.3) is 0 Å². The summed E-state index contributed by atoms with van der Waals surface area (Å²) in [6.07, 6.45) is 1.14. The van der Waals surface area contributed by atoms with Gasteiger partial charge in [-0.1, -0.05) is 13.8 Å². The molecule has 0 aliphatic rings. The lowest BCUT2D eigenvalue weighted by molar-refractivity contribution is 0.391. The van der Waals surface area contributed by atoms with Crippen LogP contribution in [-0.2, 0) is 0 Å². The Balaban J connectivity index is 3.05. The van der Waals surface area contributed by atoms with E-state index >= 15 is 0 Å². The summed E-state index contributed by atoms with van der Waals surface area (Å²) in [7, 11) is 1.49. The number of hydrogen-bond donors (Lipinski definition) is 1. The molecule has 0 amide bonds. The molecular formula is C10H15FN2O. The van der Waals surface area contributed by atoms with Crippen LogP contribution >= 0.6 is 0 Å². The quantitative estimate of drug-likeness (QED) is 0.806. The van der Waals surface area contributed by atoms with Crippen molar-refractivity contribution >= 4 is 0 Å². The van der Waals surface area contributed by atoms with Gasteiger partial charge in [0.2, 0.25) is 5.88 Å². The van der Waals surface area contributed by atoms with E-state index in [1.165, 1.54) is 7.11 Å². The summed E-state index contributed by atoms with van der Waals surface area (Å²) in [5.74, 6) is 0.182. The van der Waals surface area contributed by atoms with Crippen LogP contribution in [0.15, 0.2) is 12.3 Å². The van der Waals surface area contributed by atoms with E-state index in [2.05, 4.69) is 4.98 Å². The lowest BCUT2D eigenvalue weighted by Crippen LogP contribution is -2.18. The van der Waals surface area contributed by atoms with Crippen LogP contribution in [0.3, 0.4) is 0 Å². The normalized spacial score (nSPS) is 13.0. The zero-order valence-electron chi connectivity index (χ0n) is 8.62. The highest BCUT2D eigenvalue weighted by Crippen LogP contribution is 2.23. The van der Waals surface area contributed by atoms with Crippen molar-refractivity contribution in [2.24, 2.45) is 11.7 Å². The lowest BCUT2D eigenvalue weighted by Gasteiger charge is -2.16. The van der Waals surface area contributed by atoms with Crippen LogP contribution in [-0.4, -0.2) is 12.1 Å². The Hall–Kier alpha value is -1.16. The second-order valence-corrected chi connectivity index (χ2v) is 3.52. The largest absolute Gasteiger partial charge is 0.481 e. The van der Waals surface area contributed by atoms with Crippen molar-refractivity contribution in [2.75, 3.05) is 7.11 Å². The Morgan fingerprint density at radius 1 is 1.50 bits per heavy atom. The van der Waals surface area contributed by atoms with E-state index in [1.807, 2.05) is 13.8 Å². The first-order chi connectivity index (χ1) is 6.56. The van der Waals surface area contributed by atoms with Crippen molar-refractivity contribution in [1.82, 2.24) is 4.98 Å². The number of pyridine rings is 1. The molecule has 1 rings (SSSR count). The number of halogens is 1. The average molecular weight is 198 g/mol. The van der Waals surface area contributed by atoms with Crippen LogP contribution in [0.1, 0.15) is 25.5 Å². The molecule has 0 radical (unpaired) electrons. The smallest absolute Gasteiger partial charge is 0.213 e. The van der Waals surface area contributed by atoms with Gasteiger partial charge < -0.3 is 10.5 Å². The van der Waals surface area contributed by atoms with Crippen molar-refractivity contribution in [1.29, 1.82) is 0 Å². The number of methoxy groups -OCH3 is 1. The highest BCUT2D eigenvalue weighted by molar-refractivity contribution is 5.25. The number of nitrogens with zero attached hydrogens (tertiary/aromatic N) is 1. The molecule has 0 spiro atoms. The number of nitrogens with two attached hydrogens (primary N) is 1. The van der Waals surface area contributed by atoms with E-state index in [4.69, 9.17) is 10.5 Å². The van der Waals surface area contributed by atoms with Gasteiger partial charge in [-0.25, -0.2) is 9.37 Å². The van der Waals surface area contributed by atoms with Crippen LogP contribution in [0.5, 0.6) is 5.88 Å². The van der Waals surface area contributed by atoms with Crippen molar-refractivity contribution in [2.45, 2.75) is 19.9 Å². The maximum Gasteiger partial charge on any atom is 0.213 e. The zero-order chi connectivity index (χ0) is 10.7. The van der Waals surface area contributed by atoms with Gasteiger partial charge in [0, 0.05) is 17.7 Å². The summed E-state index contributed by atoms with van der Waals surface area (Å²) in [5, 5.41) is 0. The fourth-order valence-corrected chi connectivity index (χ4v) is 1.16. The van der Waals surface area contributed by atoms with Gasteiger partial charge in [-0.15, -0.1) is 0 Å². The fourth-order valence-electron chi connectivity index (χ4n) is 1.16. The van der Waals surface area contributed by atoms with Crippen LogP contribution in [0.2, 0.25) is 0 Å². The molecule has 0 aliphatic carbocycles. The molecule has 0 bridgehead atoms. The third-order valence-corrected chi connectivity index (χ3v) is 2.15. The van der Waals surface area contributed by atoms with Crippen molar-refractivity contribution in [3.05, 3.63) is 23.6 Å². The molecule has 1 aromatic heterocycles. The fraction of sp³-hybridized carbons (Fsp3) is 0.500. The molecule has 14 heavy (non-hydrogen) atoms. The van der Waals surface area contributed by atoms with E-state index < -0.39 is 0 Å². The summed E-state index contributed by atoms with van der Waals surface area (Å²) in [6, 6.07) is 1.21. The van der Waals surface area contributed by atoms with Crippen LogP contribution < -0.4 is 10.5 Å². The second-order valence-electron chi connectivity index (χ2n) is 3.52. The molecule has 0 saturated carbocycles. The van der Waals surface area contributed by atoms with Gasteiger partial charge in [0.25, 0.3) is 0 Å². The first-order valence-corrected chi connectivity index (χ1v) is 4.51. The van der Waals surface area contributed by atoms with E-state index in [1.54, 1.807) is 6.07 Å². The predicted molar refractivity (Wildman–Crippen MR) is 52.5 cm³/mol. The molecular weight excluding hydrogens is 183 g/mol. The summed E-state index contributed by atoms with van der Waals surface area (Å²) < 4.78 is 18.2. The standard InChI is InChI=1S/C10H15FN2O/c1-6(2)10(12)7-4-9(14-3)13-5-8(7)11/h4-6,10H,12H2,1-3H3. The van der Waals surface area contributed by atoms with Gasteiger partial charge in [0.05, 0.1) is 13.3 Å². The average Bonchev–Trinajstić information content (AvgIpc) is 2.17. The minimum absolute atomic E-state index is 0.177. The summed E-state index contributed by atoms with van der Waals surface area (Å²) in [4.78, 5) is 3.75. The zero-order valence-corrected chi connectivity index (χ0v) is 8.62. The maximum absolute atomic E-state index is 13.3. The van der Waals surface area contributed by atoms with Crippen molar-refractivity contribution < 1.29 is 9.13 Å². The van der Waals surface area contributed by atoms with Gasteiger partial charge in [0.1, 0.15) is 5.82 Å². The number of ether oxygens (including phenoxy) is 1. The lowest BCUT2D eigenvalue weighted by atomic mass is 9.97. The molecule has 0 saturated heterocycles. The third-order valence-electron chi connectivity index (χ3n) is 2.15. The molecule has 0 fully saturated rings. The SMILES string of the molecule is COc1cc(C(N)C(C)C)c(F)cn1. The Kier molecular flexibility index (Phi) is 3.41. The van der Waals surface area contributed by atoms with Crippen LogP contribution in [0.4, 0.5) is 4.39 Å². The molecule has 2 N–H and O–H groups in total. The Labute approximate surface area is 83.1 Å². The van der Waals surface area contributed by atoms with Gasteiger partial charge in [-0.3, -0.25) is 0 Å². The first-order valence-electron chi connectivity index (χ1n) is 4.51. The molecule has 1 aromatic rings. The summed E-state index contributed by atoms with van der Waals surface area (Å²) in [5.41, 5.74) is 6.29. The minimum Gasteiger partial charge on any atom is -0.481 e. The van der Waals surface area contributed by atoms with E-state index in [9.17, 15) is 4.39 Å². The Morgan fingerprint density at radius 2 is 2.14 bits per heavy atom. The third kappa shape index (κ3) is 2.20. The van der Waals surface area contributed by atoms with Gasteiger partial charge in [-0.05, 0) is 5.92 Å². The van der Waals surface area contributed by atoms with E-state index in [0.717, 1.165) is 6.20 Å². The van der Waals surface area contributed by atoms with Crippen molar-refractivity contribution in [3.8, 4) is 5.88 Å². The second kappa shape index (κ2) is 4.37. The van der Waals surface area contributed by atoms with Crippen molar-refractivity contribution in [3.63, 3.8) is 0 Å². The monoisotopic (exact) mass is 198 g/mol. The number of aromatic nitrogens is 1. The topological polar surface area (TPSA) is 48.1 Å². The minimum atomic E-state index is -0.382.